The molecule has 0 spiro atoms. The molecule has 1 aliphatic heterocycles. The summed E-state index contributed by atoms with van der Waals surface area (Å²) in [5.74, 6) is -0.932. The molecule has 1 saturated heterocycles. The normalized spacial score (nSPS) is 55.1. The number of ketones is 1. The maximum Gasteiger partial charge on any atom is 0.140 e. The molecular formula is C30H46O7. The fraction of sp³-hybridized carbons (Fsp3) is 0.833. The first-order chi connectivity index (χ1) is 16.9. The van der Waals surface area contributed by atoms with Crippen molar-refractivity contribution >= 4 is 5.78 Å². The number of hydrogen-bond acceptors (Lipinski definition) is 7. The van der Waals surface area contributed by atoms with Gasteiger partial charge in [0.1, 0.15) is 5.78 Å². The number of hydrogen-bond donors (Lipinski definition) is 5. The molecule has 5 N–H and O–H groups in total. The second-order valence-electron chi connectivity index (χ2n) is 14.5. The highest BCUT2D eigenvalue weighted by Gasteiger charge is 2.76. The molecule has 208 valence electrons. The lowest BCUT2D eigenvalue weighted by Gasteiger charge is -2.66. The fourth-order valence-corrected chi connectivity index (χ4v) is 10.1. The predicted octanol–water partition coefficient (Wildman–Crippen LogP) is 2.53. The van der Waals surface area contributed by atoms with Crippen LogP contribution in [-0.4, -0.2) is 74.0 Å². The summed E-state index contributed by atoms with van der Waals surface area (Å²) in [7, 11) is 0. The molecule has 4 aliphatic carbocycles. The van der Waals surface area contributed by atoms with E-state index >= 15 is 0 Å². The maximum absolute atomic E-state index is 14.3. The SMILES string of the molecule is C/C(=C\[C@@H]1C[C@](C)(O)[C@H]2[C@@H](C[C@@]3(C)[C@@H]4[C@@H](O)C=C5[C@H](C[C@H](O)[C@H](O)C5(C)C)[C@]4(C)C(=O)C[C@]23C)O1)CO. The second kappa shape index (κ2) is 8.21. The first-order valence-corrected chi connectivity index (χ1v) is 13.9. The van der Waals surface area contributed by atoms with Crippen LogP contribution in [0.5, 0.6) is 0 Å². The minimum Gasteiger partial charge on any atom is -0.392 e. The minimum atomic E-state index is -1.09. The summed E-state index contributed by atoms with van der Waals surface area (Å²) >= 11 is 0. The van der Waals surface area contributed by atoms with Crippen molar-refractivity contribution in [1.29, 1.82) is 0 Å². The predicted molar refractivity (Wildman–Crippen MR) is 138 cm³/mol. The molecule has 0 unspecified atom stereocenters. The quantitative estimate of drug-likeness (QED) is 0.356. The number of aliphatic hydroxyl groups is 5. The van der Waals surface area contributed by atoms with E-state index in [0.29, 0.717) is 12.8 Å². The molecule has 0 amide bonds. The summed E-state index contributed by atoms with van der Waals surface area (Å²) in [6.45, 7) is 13.6. The Hall–Kier alpha value is -1.09. The molecule has 12 atom stereocenters. The van der Waals surface area contributed by atoms with Gasteiger partial charge in [-0.3, -0.25) is 4.79 Å². The number of carbonyl (C=O) groups excluding carboxylic acids is 1. The van der Waals surface area contributed by atoms with Crippen LogP contribution in [0.4, 0.5) is 0 Å². The standard InChI is InChI=1S/C30H46O7/c1-15(14-31)8-16-11-29(6,36)24-21(37-16)12-27(4)23-19(32)9-17-18(10-20(33)25(35)26(17,2)3)30(23,7)22(34)13-28(24,27)5/h8-9,16,18-21,23-25,31-33,35-36H,10-14H2,1-7H3/b15-8+/t16-,18+,19+,20+,21-,23+,24+,25+,27+,28-,29+,30-/m1/s1. The summed E-state index contributed by atoms with van der Waals surface area (Å²) in [4.78, 5) is 14.3. The van der Waals surface area contributed by atoms with Gasteiger partial charge in [-0.05, 0) is 49.0 Å². The highest BCUT2D eigenvalue weighted by Crippen LogP contribution is 2.75. The van der Waals surface area contributed by atoms with Crippen molar-refractivity contribution in [3.63, 3.8) is 0 Å². The molecule has 5 aliphatic rings. The van der Waals surface area contributed by atoms with Crippen molar-refractivity contribution < 1.29 is 35.1 Å². The highest BCUT2D eigenvalue weighted by molar-refractivity contribution is 5.88. The van der Waals surface area contributed by atoms with Crippen molar-refractivity contribution in [2.45, 2.75) is 110 Å². The van der Waals surface area contributed by atoms with Crippen molar-refractivity contribution in [2.24, 2.45) is 39.4 Å². The van der Waals surface area contributed by atoms with Crippen LogP contribution in [0.15, 0.2) is 23.3 Å². The molecule has 5 rings (SSSR count). The van der Waals surface area contributed by atoms with Crippen LogP contribution in [-0.2, 0) is 9.53 Å². The smallest absolute Gasteiger partial charge is 0.140 e. The molecule has 0 radical (unpaired) electrons. The zero-order valence-electron chi connectivity index (χ0n) is 23.4. The lowest BCUT2D eigenvalue weighted by atomic mass is 9.38. The third-order valence-electron chi connectivity index (χ3n) is 11.9. The largest absolute Gasteiger partial charge is 0.392 e. The van der Waals surface area contributed by atoms with Gasteiger partial charge >= 0.3 is 0 Å². The molecule has 0 aromatic heterocycles. The molecule has 37 heavy (non-hydrogen) atoms. The van der Waals surface area contributed by atoms with Crippen LogP contribution in [0.3, 0.4) is 0 Å². The number of aliphatic hydroxyl groups excluding tert-OH is 4. The molecule has 0 aromatic rings. The molecule has 3 saturated carbocycles. The van der Waals surface area contributed by atoms with E-state index in [9.17, 15) is 30.3 Å². The average molecular weight is 519 g/mol. The van der Waals surface area contributed by atoms with Crippen LogP contribution in [0.1, 0.15) is 74.1 Å². The van der Waals surface area contributed by atoms with Gasteiger partial charge in [0.15, 0.2) is 0 Å². The molecule has 0 bridgehead atoms. The summed E-state index contributed by atoms with van der Waals surface area (Å²) in [6, 6.07) is 0. The number of ether oxygens (including phenoxy) is 1. The Bertz CT molecular complexity index is 1040. The number of fused-ring (bicyclic) bond motifs is 7. The summed E-state index contributed by atoms with van der Waals surface area (Å²) in [5.41, 5.74) is -2.24. The van der Waals surface area contributed by atoms with Crippen molar-refractivity contribution in [3.8, 4) is 0 Å². The van der Waals surface area contributed by atoms with E-state index < -0.39 is 51.5 Å². The highest BCUT2D eigenvalue weighted by atomic mass is 16.5. The van der Waals surface area contributed by atoms with Gasteiger partial charge < -0.3 is 30.3 Å². The van der Waals surface area contributed by atoms with E-state index in [2.05, 4.69) is 13.8 Å². The third kappa shape index (κ3) is 3.44. The van der Waals surface area contributed by atoms with E-state index in [4.69, 9.17) is 4.74 Å². The first kappa shape index (κ1) is 27.5. The Balaban J connectivity index is 1.62. The van der Waals surface area contributed by atoms with Gasteiger partial charge in [0.25, 0.3) is 0 Å². The summed E-state index contributed by atoms with van der Waals surface area (Å²) in [5, 5.41) is 54.8. The molecule has 7 nitrogen and oxygen atoms in total. The van der Waals surface area contributed by atoms with Crippen LogP contribution in [0.25, 0.3) is 0 Å². The maximum atomic E-state index is 14.3. The van der Waals surface area contributed by atoms with Gasteiger partial charge in [-0.15, -0.1) is 0 Å². The average Bonchev–Trinajstić information content (AvgIpc) is 3.00. The Morgan fingerprint density at radius 1 is 1.05 bits per heavy atom. The van der Waals surface area contributed by atoms with Crippen molar-refractivity contribution in [3.05, 3.63) is 23.3 Å². The Labute approximate surface area is 220 Å². The van der Waals surface area contributed by atoms with E-state index in [1.807, 2.05) is 46.8 Å². The third-order valence-corrected chi connectivity index (χ3v) is 11.9. The van der Waals surface area contributed by atoms with Gasteiger partial charge in [-0.1, -0.05) is 52.3 Å². The summed E-state index contributed by atoms with van der Waals surface area (Å²) in [6.07, 6.45) is 1.81. The van der Waals surface area contributed by atoms with Crippen LogP contribution in [0, 0.1) is 39.4 Å². The lowest BCUT2D eigenvalue weighted by molar-refractivity contribution is -0.211. The number of Topliss-reactive ketones (excluding diaryl/α,β-unsaturated/α-hetero) is 1. The van der Waals surface area contributed by atoms with E-state index in [1.165, 1.54) is 0 Å². The molecule has 4 fully saturated rings. The Kier molecular flexibility index (Phi) is 6.10. The van der Waals surface area contributed by atoms with Gasteiger partial charge in [-0.25, -0.2) is 0 Å². The lowest BCUT2D eigenvalue weighted by Crippen LogP contribution is -2.68. The van der Waals surface area contributed by atoms with Crippen LogP contribution in [0.2, 0.25) is 0 Å². The van der Waals surface area contributed by atoms with Gasteiger partial charge in [0.2, 0.25) is 0 Å². The van der Waals surface area contributed by atoms with Crippen molar-refractivity contribution in [2.75, 3.05) is 6.61 Å². The fourth-order valence-electron chi connectivity index (χ4n) is 10.1. The van der Waals surface area contributed by atoms with E-state index in [-0.39, 0.29) is 49.3 Å². The van der Waals surface area contributed by atoms with Crippen molar-refractivity contribution in [1.82, 2.24) is 0 Å². The van der Waals surface area contributed by atoms with E-state index in [0.717, 1.165) is 11.1 Å². The summed E-state index contributed by atoms with van der Waals surface area (Å²) < 4.78 is 6.57. The zero-order valence-corrected chi connectivity index (χ0v) is 23.4. The Morgan fingerprint density at radius 3 is 2.32 bits per heavy atom. The molecular weight excluding hydrogens is 472 g/mol. The zero-order chi connectivity index (χ0) is 27.5. The Morgan fingerprint density at radius 2 is 1.70 bits per heavy atom. The second-order valence-corrected chi connectivity index (χ2v) is 14.5. The van der Waals surface area contributed by atoms with Gasteiger partial charge in [0, 0.05) is 35.5 Å². The first-order valence-electron chi connectivity index (χ1n) is 13.9. The number of rotatable bonds is 2. The minimum absolute atomic E-state index is 0.0566. The van der Waals surface area contributed by atoms with Crippen LogP contribution < -0.4 is 0 Å². The van der Waals surface area contributed by atoms with Gasteiger partial charge in [-0.2, -0.15) is 0 Å². The molecule has 0 aromatic carbocycles. The van der Waals surface area contributed by atoms with E-state index in [1.54, 1.807) is 0 Å². The van der Waals surface area contributed by atoms with Gasteiger partial charge in [0.05, 0.1) is 42.7 Å². The topological polar surface area (TPSA) is 127 Å². The number of carbonyl (C=O) groups is 1. The molecule has 1 heterocycles. The van der Waals surface area contributed by atoms with Crippen LogP contribution >= 0.6 is 0 Å². The molecule has 7 heteroatoms. The monoisotopic (exact) mass is 518 g/mol.